The maximum absolute atomic E-state index is 11.0. The Hall–Kier alpha value is -1.53. The predicted molar refractivity (Wildman–Crippen MR) is 76.3 cm³/mol. The summed E-state index contributed by atoms with van der Waals surface area (Å²) in [4.78, 5) is 11.2. The van der Waals surface area contributed by atoms with Crippen molar-refractivity contribution in [2.45, 2.75) is 6.61 Å². The zero-order chi connectivity index (χ0) is 13.8. The van der Waals surface area contributed by atoms with E-state index in [1.165, 1.54) is 0 Å². The Kier molecular flexibility index (Phi) is 4.44. The van der Waals surface area contributed by atoms with Gasteiger partial charge in [0.1, 0.15) is 18.1 Å². The largest absolute Gasteiger partial charge is 0.496 e. The number of ether oxygens (including phenoxy) is 2. The monoisotopic (exact) mass is 342 g/mol. The zero-order valence-corrected chi connectivity index (χ0v) is 12.5. The summed E-state index contributed by atoms with van der Waals surface area (Å²) in [5.41, 5.74) is 0.847. The third-order valence-electron chi connectivity index (χ3n) is 2.45. The normalized spacial score (nSPS) is 10.2. The van der Waals surface area contributed by atoms with E-state index >= 15 is 0 Å². The Morgan fingerprint density at radius 1 is 1.37 bits per heavy atom. The van der Waals surface area contributed by atoms with Crippen molar-refractivity contribution in [3.63, 3.8) is 0 Å². The molecule has 2 aromatic rings. The van der Waals surface area contributed by atoms with E-state index in [-0.39, 0.29) is 11.5 Å². The van der Waals surface area contributed by atoms with Crippen LogP contribution < -0.4 is 9.47 Å². The highest BCUT2D eigenvalue weighted by molar-refractivity contribution is 9.10. The second-order valence-corrected chi connectivity index (χ2v) is 5.50. The first-order valence-electron chi connectivity index (χ1n) is 5.38. The number of methoxy groups -OCH3 is 1. The van der Waals surface area contributed by atoms with Crippen LogP contribution in [-0.2, 0) is 6.61 Å². The molecule has 0 radical (unpaired) electrons. The topological polar surface area (TPSA) is 55.8 Å². The minimum absolute atomic E-state index is 0.203. The maximum atomic E-state index is 11.0. The van der Waals surface area contributed by atoms with Gasteiger partial charge in [0.25, 0.3) is 0 Å². The van der Waals surface area contributed by atoms with Gasteiger partial charge >= 0.3 is 5.97 Å². The number of aromatic carboxylic acids is 1. The number of carboxylic acids is 1. The molecule has 0 amide bonds. The molecular formula is C13H11BrO4S. The fourth-order valence-corrected chi connectivity index (χ4v) is 2.66. The summed E-state index contributed by atoms with van der Waals surface area (Å²) in [5.74, 6) is 0.0982. The molecule has 0 spiro atoms. The van der Waals surface area contributed by atoms with E-state index in [0.29, 0.717) is 11.5 Å². The minimum Gasteiger partial charge on any atom is -0.496 e. The average Bonchev–Trinajstić information content (AvgIpc) is 2.85. The van der Waals surface area contributed by atoms with E-state index in [4.69, 9.17) is 14.6 Å². The van der Waals surface area contributed by atoms with Crippen molar-refractivity contribution in [3.8, 4) is 11.5 Å². The number of halogens is 1. The lowest BCUT2D eigenvalue weighted by Gasteiger charge is -2.10. The quantitative estimate of drug-likeness (QED) is 0.897. The molecule has 0 aliphatic heterocycles. The molecule has 100 valence electrons. The van der Waals surface area contributed by atoms with E-state index in [1.54, 1.807) is 18.6 Å². The van der Waals surface area contributed by atoms with E-state index in [1.807, 2.05) is 18.2 Å². The van der Waals surface area contributed by atoms with Crippen LogP contribution in [0.4, 0.5) is 0 Å². The number of benzene rings is 1. The molecule has 1 aromatic carbocycles. The average molecular weight is 343 g/mol. The van der Waals surface area contributed by atoms with Crippen molar-refractivity contribution >= 4 is 33.2 Å². The van der Waals surface area contributed by atoms with Crippen molar-refractivity contribution in [2.24, 2.45) is 0 Å². The van der Waals surface area contributed by atoms with Crippen molar-refractivity contribution < 1.29 is 19.4 Å². The molecule has 0 saturated heterocycles. The first kappa shape index (κ1) is 13.9. The van der Waals surface area contributed by atoms with Crippen LogP contribution in [0, 0.1) is 0 Å². The van der Waals surface area contributed by atoms with Gasteiger partial charge < -0.3 is 14.6 Å². The smallest absolute Gasteiger partial charge is 0.349 e. The molecule has 0 unspecified atom stereocenters. The van der Waals surface area contributed by atoms with Crippen LogP contribution in [0.5, 0.6) is 11.5 Å². The van der Waals surface area contributed by atoms with Gasteiger partial charge in [-0.05, 0) is 29.6 Å². The van der Waals surface area contributed by atoms with Crippen molar-refractivity contribution in [1.29, 1.82) is 0 Å². The van der Waals surface area contributed by atoms with Crippen LogP contribution in [0.1, 0.15) is 15.2 Å². The van der Waals surface area contributed by atoms with Gasteiger partial charge in [-0.25, -0.2) is 4.79 Å². The van der Waals surface area contributed by atoms with Gasteiger partial charge in [-0.3, -0.25) is 0 Å². The van der Waals surface area contributed by atoms with Gasteiger partial charge in [-0.1, -0.05) is 15.9 Å². The molecule has 6 heteroatoms. The van der Waals surface area contributed by atoms with E-state index < -0.39 is 5.97 Å². The van der Waals surface area contributed by atoms with Gasteiger partial charge in [0.15, 0.2) is 4.88 Å². The lowest BCUT2D eigenvalue weighted by atomic mass is 10.2. The van der Waals surface area contributed by atoms with Crippen LogP contribution in [0.2, 0.25) is 0 Å². The molecule has 4 nitrogen and oxygen atoms in total. The summed E-state index contributed by atoms with van der Waals surface area (Å²) in [7, 11) is 1.58. The molecular weight excluding hydrogens is 332 g/mol. The highest BCUT2D eigenvalue weighted by Crippen LogP contribution is 2.28. The lowest BCUT2D eigenvalue weighted by Crippen LogP contribution is -2.01. The minimum atomic E-state index is -0.980. The van der Waals surface area contributed by atoms with E-state index in [2.05, 4.69) is 15.9 Å². The number of thiophene rings is 1. The van der Waals surface area contributed by atoms with Crippen molar-refractivity contribution in [2.75, 3.05) is 7.11 Å². The molecule has 0 saturated carbocycles. The van der Waals surface area contributed by atoms with Gasteiger partial charge in [-0.15, -0.1) is 11.3 Å². The summed E-state index contributed by atoms with van der Waals surface area (Å²) in [6, 6.07) is 7.23. The predicted octanol–water partition coefficient (Wildman–Crippen LogP) is 3.80. The molecule has 0 fully saturated rings. The van der Waals surface area contributed by atoms with E-state index in [0.717, 1.165) is 21.4 Å². The Balaban J connectivity index is 2.16. The molecule has 19 heavy (non-hydrogen) atoms. The standard InChI is InChI=1S/C13H11BrO4S/c1-17-10-3-2-9(14)6-8(10)7-18-11-4-5-19-12(11)13(15)16/h2-6H,7H2,1H3,(H,15,16). The van der Waals surface area contributed by atoms with Gasteiger partial charge in [0.05, 0.1) is 7.11 Å². The lowest BCUT2D eigenvalue weighted by molar-refractivity contribution is 0.0697. The molecule has 0 aliphatic carbocycles. The number of carboxylic acid groups (broad SMARTS) is 1. The Morgan fingerprint density at radius 2 is 2.16 bits per heavy atom. The molecule has 0 aliphatic rings. The number of rotatable bonds is 5. The first-order valence-corrected chi connectivity index (χ1v) is 7.05. The maximum Gasteiger partial charge on any atom is 0.349 e. The first-order chi connectivity index (χ1) is 9.11. The summed E-state index contributed by atoms with van der Waals surface area (Å²) in [6.07, 6.45) is 0. The van der Waals surface area contributed by atoms with Gasteiger partial charge in [0, 0.05) is 10.0 Å². The van der Waals surface area contributed by atoms with Crippen LogP contribution in [0.15, 0.2) is 34.1 Å². The molecule has 0 atom stereocenters. The number of hydrogen-bond acceptors (Lipinski definition) is 4. The van der Waals surface area contributed by atoms with Gasteiger partial charge in [0.2, 0.25) is 0 Å². The Labute approximate surface area is 122 Å². The fraction of sp³-hybridized carbons (Fsp3) is 0.154. The SMILES string of the molecule is COc1ccc(Br)cc1COc1ccsc1C(=O)O. The summed E-state index contributed by atoms with van der Waals surface area (Å²) >= 11 is 4.52. The van der Waals surface area contributed by atoms with Gasteiger partial charge in [-0.2, -0.15) is 0 Å². The number of hydrogen-bond donors (Lipinski definition) is 1. The second kappa shape index (κ2) is 6.08. The van der Waals surface area contributed by atoms with Crippen LogP contribution in [0.3, 0.4) is 0 Å². The molecule has 0 bridgehead atoms. The number of carbonyl (C=O) groups is 1. The summed E-state index contributed by atoms with van der Waals surface area (Å²) in [5, 5.41) is 10.7. The molecule has 1 N–H and O–H groups in total. The highest BCUT2D eigenvalue weighted by atomic mass is 79.9. The molecule has 2 rings (SSSR count). The summed E-state index contributed by atoms with van der Waals surface area (Å²) in [6.45, 7) is 0.250. The van der Waals surface area contributed by atoms with Crippen molar-refractivity contribution in [3.05, 3.63) is 44.6 Å². The third kappa shape index (κ3) is 3.27. The third-order valence-corrected chi connectivity index (χ3v) is 3.83. The van der Waals surface area contributed by atoms with Crippen LogP contribution in [0.25, 0.3) is 0 Å². The Bertz CT molecular complexity index is 594. The van der Waals surface area contributed by atoms with Crippen LogP contribution in [-0.4, -0.2) is 18.2 Å². The second-order valence-electron chi connectivity index (χ2n) is 3.66. The molecule has 1 heterocycles. The zero-order valence-electron chi connectivity index (χ0n) is 10.1. The summed E-state index contributed by atoms with van der Waals surface area (Å²) < 4.78 is 11.7. The highest BCUT2D eigenvalue weighted by Gasteiger charge is 2.13. The van der Waals surface area contributed by atoms with Crippen molar-refractivity contribution in [1.82, 2.24) is 0 Å². The fourth-order valence-electron chi connectivity index (χ4n) is 1.58. The molecule has 1 aromatic heterocycles. The van der Waals surface area contributed by atoms with Crippen LogP contribution >= 0.6 is 27.3 Å². The Morgan fingerprint density at radius 3 is 2.84 bits per heavy atom. The van der Waals surface area contributed by atoms with E-state index in [9.17, 15) is 4.79 Å².